The molecule has 2 fully saturated rings. The predicted molar refractivity (Wildman–Crippen MR) is 73.8 cm³/mol. The van der Waals surface area contributed by atoms with Crippen molar-refractivity contribution in [3.05, 3.63) is 0 Å². The fraction of sp³-hybridized carbons (Fsp3) is 0.857. The smallest absolute Gasteiger partial charge is 0.234 e. The maximum atomic E-state index is 12.5. The van der Waals surface area contributed by atoms with Gasteiger partial charge in [-0.3, -0.25) is 4.79 Å². The highest BCUT2D eigenvalue weighted by molar-refractivity contribution is 6.07. The number of hydrogen-bond donors (Lipinski definition) is 3. The van der Waals surface area contributed by atoms with Crippen LogP contribution >= 0.6 is 0 Å². The van der Waals surface area contributed by atoms with E-state index in [4.69, 9.17) is 10.9 Å². The second kappa shape index (κ2) is 5.39. The molecule has 1 atom stereocenters. The largest absolute Gasteiger partial charge is 0.409 e. The molecule has 19 heavy (non-hydrogen) atoms. The molecule has 2 saturated carbocycles. The number of nitrogens with zero attached hydrogens (tertiary/aromatic N) is 1. The molecule has 1 unspecified atom stereocenters. The Morgan fingerprint density at radius 1 is 1.42 bits per heavy atom. The summed E-state index contributed by atoms with van der Waals surface area (Å²) in [4.78, 5) is 12.5. The topological polar surface area (TPSA) is 87.7 Å². The van der Waals surface area contributed by atoms with Crippen LogP contribution in [-0.2, 0) is 4.79 Å². The van der Waals surface area contributed by atoms with E-state index in [-0.39, 0.29) is 17.8 Å². The fourth-order valence-electron chi connectivity index (χ4n) is 3.66. The number of amidine groups is 1. The van der Waals surface area contributed by atoms with Gasteiger partial charge in [0, 0.05) is 6.04 Å². The second-order valence-electron chi connectivity index (χ2n) is 6.39. The maximum Gasteiger partial charge on any atom is 0.234 e. The summed E-state index contributed by atoms with van der Waals surface area (Å²) in [7, 11) is 0. The normalized spacial score (nSPS) is 33.8. The van der Waals surface area contributed by atoms with Crippen molar-refractivity contribution in [2.24, 2.45) is 28.1 Å². The fourth-order valence-corrected chi connectivity index (χ4v) is 3.66. The molecule has 0 bridgehead atoms. The summed E-state index contributed by atoms with van der Waals surface area (Å²) in [6.07, 6.45) is 6.24. The van der Waals surface area contributed by atoms with E-state index in [0.717, 1.165) is 0 Å². The number of nitrogens with two attached hydrogens (primary N) is 1. The number of hydrogen-bond acceptors (Lipinski definition) is 3. The molecule has 5 heteroatoms. The van der Waals surface area contributed by atoms with Gasteiger partial charge in [0.15, 0.2) is 5.84 Å². The summed E-state index contributed by atoms with van der Waals surface area (Å²) in [5.74, 6) is 1.01. The summed E-state index contributed by atoms with van der Waals surface area (Å²) in [6.45, 7) is 4.15. The van der Waals surface area contributed by atoms with Gasteiger partial charge in [0.05, 0.1) is 0 Å². The highest BCUT2D eigenvalue weighted by atomic mass is 16.4. The third-order valence-corrected chi connectivity index (χ3v) is 4.89. The average molecular weight is 267 g/mol. The minimum atomic E-state index is -0.777. The van der Waals surface area contributed by atoms with Gasteiger partial charge in [-0.05, 0) is 44.4 Å². The molecule has 108 valence electrons. The van der Waals surface area contributed by atoms with Crippen molar-refractivity contribution in [3.63, 3.8) is 0 Å². The van der Waals surface area contributed by atoms with Crippen LogP contribution < -0.4 is 11.1 Å². The zero-order chi connectivity index (χ0) is 14.0. The van der Waals surface area contributed by atoms with Crippen molar-refractivity contribution in [1.82, 2.24) is 5.32 Å². The van der Waals surface area contributed by atoms with E-state index >= 15 is 0 Å². The van der Waals surface area contributed by atoms with Crippen LogP contribution in [0.1, 0.15) is 52.4 Å². The Hall–Kier alpha value is -1.26. The lowest BCUT2D eigenvalue weighted by molar-refractivity contribution is -0.134. The standard InChI is InChI=1S/C14H25N3O2/c1-9-7-14(8-9,12(15)17-19)13(18)16-10(2)11-5-3-4-6-11/h9-11,19H,3-8H2,1-2H3,(H2,15,17)(H,16,18). The van der Waals surface area contributed by atoms with E-state index in [1.54, 1.807) is 0 Å². The van der Waals surface area contributed by atoms with E-state index in [1.807, 2.05) is 0 Å². The molecule has 2 aliphatic carbocycles. The molecule has 2 rings (SSSR count). The molecule has 0 saturated heterocycles. The lowest BCUT2D eigenvalue weighted by atomic mass is 9.61. The van der Waals surface area contributed by atoms with E-state index in [2.05, 4.69) is 24.3 Å². The van der Waals surface area contributed by atoms with E-state index in [0.29, 0.717) is 24.7 Å². The van der Waals surface area contributed by atoms with Crippen LogP contribution in [0.15, 0.2) is 5.16 Å². The zero-order valence-corrected chi connectivity index (χ0v) is 11.9. The Kier molecular flexibility index (Phi) is 4.02. The Morgan fingerprint density at radius 2 is 2.00 bits per heavy atom. The minimum absolute atomic E-state index is 0.0571. The molecule has 1 amide bonds. The molecule has 2 aliphatic rings. The lowest BCUT2D eigenvalue weighted by Crippen LogP contribution is -2.58. The van der Waals surface area contributed by atoms with Gasteiger partial charge >= 0.3 is 0 Å². The molecule has 0 aromatic carbocycles. The first kappa shape index (κ1) is 14.2. The van der Waals surface area contributed by atoms with Gasteiger partial charge in [-0.15, -0.1) is 0 Å². The van der Waals surface area contributed by atoms with Gasteiger partial charge in [0.1, 0.15) is 5.41 Å². The SMILES string of the molecule is CC1CC(C(=O)NC(C)C2CCCC2)(C(N)=NO)C1. The lowest BCUT2D eigenvalue weighted by Gasteiger charge is -2.44. The van der Waals surface area contributed by atoms with Crippen LogP contribution in [0.4, 0.5) is 0 Å². The van der Waals surface area contributed by atoms with Crippen molar-refractivity contribution in [3.8, 4) is 0 Å². The zero-order valence-electron chi connectivity index (χ0n) is 11.9. The molecule has 0 radical (unpaired) electrons. The Morgan fingerprint density at radius 3 is 2.47 bits per heavy atom. The van der Waals surface area contributed by atoms with Gasteiger partial charge in [-0.2, -0.15) is 0 Å². The molecule has 4 N–H and O–H groups in total. The molecule has 5 nitrogen and oxygen atoms in total. The van der Waals surface area contributed by atoms with Crippen molar-refractivity contribution >= 4 is 11.7 Å². The first-order valence-corrected chi connectivity index (χ1v) is 7.28. The van der Waals surface area contributed by atoms with Gasteiger partial charge < -0.3 is 16.3 Å². The van der Waals surface area contributed by atoms with Gasteiger partial charge in [0.2, 0.25) is 5.91 Å². The molecular weight excluding hydrogens is 242 g/mol. The molecule has 0 heterocycles. The highest BCUT2D eigenvalue weighted by Crippen LogP contribution is 2.46. The molecular formula is C14H25N3O2. The second-order valence-corrected chi connectivity index (χ2v) is 6.39. The molecule has 0 aliphatic heterocycles. The summed E-state index contributed by atoms with van der Waals surface area (Å²) in [6, 6.07) is 0.175. The van der Waals surface area contributed by atoms with Gasteiger partial charge in [-0.1, -0.05) is 24.9 Å². The molecule has 0 spiro atoms. The molecule has 0 aromatic heterocycles. The number of carbonyl (C=O) groups is 1. The van der Waals surface area contributed by atoms with E-state index in [9.17, 15) is 4.79 Å². The Bertz CT molecular complexity index is 369. The van der Waals surface area contributed by atoms with Crippen LogP contribution in [0.5, 0.6) is 0 Å². The Labute approximate surface area is 114 Å². The monoisotopic (exact) mass is 267 g/mol. The number of nitrogens with one attached hydrogen (secondary N) is 1. The van der Waals surface area contributed by atoms with Gasteiger partial charge in [-0.25, -0.2) is 0 Å². The first-order chi connectivity index (χ1) is 8.99. The number of rotatable bonds is 4. The number of amides is 1. The van der Waals surface area contributed by atoms with Crippen molar-refractivity contribution in [1.29, 1.82) is 0 Å². The van der Waals surface area contributed by atoms with Crippen LogP contribution in [0.25, 0.3) is 0 Å². The summed E-state index contributed by atoms with van der Waals surface area (Å²) in [5.41, 5.74) is 4.97. The van der Waals surface area contributed by atoms with Crippen LogP contribution in [0.3, 0.4) is 0 Å². The van der Waals surface area contributed by atoms with E-state index < -0.39 is 5.41 Å². The third-order valence-electron chi connectivity index (χ3n) is 4.89. The molecule has 0 aromatic rings. The van der Waals surface area contributed by atoms with Crippen molar-refractivity contribution < 1.29 is 10.0 Å². The van der Waals surface area contributed by atoms with Crippen molar-refractivity contribution in [2.75, 3.05) is 0 Å². The Balaban J connectivity index is 2.00. The summed E-state index contributed by atoms with van der Waals surface area (Å²) in [5, 5.41) is 15.1. The van der Waals surface area contributed by atoms with Crippen LogP contribution in [-0.4, -0.2) is 23.0 Å². The van der Waals surface area contributed by atoms with Gasteiger partial charge in [0.25, 0.3) is 0 Å². The minimum Gasteiger partial charge on any atom is -0.409 e. The number of carbonyl (C=O) groups excluding carboxylic acids is 1. The number of oxime groups is 1. The van der Waals surface area contributed by atoms with Crippen molar-refractivity contribution in [2.45, 2.75) is 58.4 Å². The predicted octanol–water partition coefficient (Wildman–Crippen LogP) is 1.84. The quantitative estimate of drug-likeness (QED) is 0.314. The highest BCUT2D eigenvalue weighted by Gasteiger charge is 2.52. The summed E-state index contributed by atoms with van der Waals surface area (Å²) >= 11 is 0. The third kappa shape index (κ3) is 2.55. The first-order valence-electron chi connectivity index (χ1n) is 7.28. The maximum absolute atomic E-state index is 12.5. The summed E-state index contributed by atoms with van der Waals surface area (Å²) < 4.78 is 0. The van der Waals surface area contributed by atoms with E-state index in [1.165, 1.54) is 25.7 Å². The average Bonchev–Trinajstić information content (AvgIpc) is 2.87. The van der Waals surface area contributed by atoms with Crippen LogP contribution in [0.2, 0.25) is 0 Å². The van der Waals surface area contributed by atoms with Crippen LogP contribution in [0, 0.1) is 17.3 Å².